The first-order valence-corrected chi connectivity index (χ1v) is 8.23. The van der Waals surface area contributed by atoms with E-state index in [1.807, 2.05) is 36.4 Å². The van der Waals surface area contributed by atoms with Crippen LogP contribution in [0.5, 0.6) is 0 Å². The van der Waals surface area contributed by atoms with Crippen molar-refractivity contribution in [2.75, 3.05) is 5.75 Å². The Hall–Kier alpha value is -1.66. The third kappa shape index (κ3) is 5.69. The fourth-order valence-corrected chi connectivity index (χ4v) is 2.97. The quantitative estimate of drug-likeness (QED) is 0.633. The summed E-state index contributed by atoms with van der Waals surface area (Å²) in [5, 5.41) is 3.90. The minimum atomic E-state index is -0.118. The van der Waals surface area contributed by atoms with Crippen LogP contribution in [0.1, 0.15) is 11.1 Å². The van der Waals surface area contributed by atoms with Gasteiger partial charge in [-0.3, -0.25) is 9.78 Å². The number of benzene rings is 1. The zero-order chi connectivity index (χ0) is 14.9. The molecule has 1 heterocycles. The number of nitrogens with zero attached hydrogens (tertiary/aromatic N) is 2. The van der Waals surface area contributed by atoms with Crippen molar-refractivity contribution in [2.24, 2.45) is 5.10 Å². The largest absolute Gasteiger partial charge is 0.272 e. The van der Waals surface area contributed by atoms with E-state index in [0.717, 1.165) is 15.8 Å². The van der Waals surface area contributed by atoms with E-state index in [4.69, 9.17) is 0 Å². The van der Waals surface area contributed by atoms with Crippen molar-refractivity contribution in [1.82, 2.24) is 10.4 Å². The second-order valence-corrected chi connectivity index (χ2v) is 6.00. The van der Waals surface area contributed by atoms with Crippen LogP contribution in [-0.2, 0) is 10.5 Å². The second-order valence-electron chi connectivity index (χ2n) is 4.16. The topological polar surface area (TPSA) is 54.4 Å². The first-order valence-electron chi connectivity index (χ1n) is 6.29. The number of amides is 1. The number of hydrazone groups is 1. The van der Waals surface area contributed by atoms with Crippen LogP contribution in [0, 0.1) is 0 Å². The molecule has 4 nitrogen and oxygen atoms in total. The maximum Gasteiger partial charge on any atom is 0.250 e. The molecule has 0 saturated heterocycles. The second kappa shape index (κ2) is 8.59. The molecule has 6 heteroatoms. The van der Waals surface area contributed by atoms with Crippen LogP contribution in [0.25, 0.3) is 0 Å². The van der Waals surface area contributed by atoms with Gasteiger partial charge >= 0.3 is 0 Å². The van der Waals surface area contributed by atoms with Crippen molar-refractivity contribution in [3.63, 3.8) is 0 Å². The molecule has 1 N–H and O–H groups in total. The number of hydrogen-bond acceptors (Lipinski definition) is 4. The van der Waals surface area contributed by atoms with Gasteiger partial charge in [0.2, 0.25) is 5.91 Å². The standard InChI is InChI=1S/C15H14BrN3OS/c16-14-6-2-1-5-13(14)10-21-11-15(20)19-18-9-12-4-3-7-17-8-12/h1-9H,10-11H2,(H,19,20)/b18-9-. The molecule has 0 spiro atoms. The SMILES string of the molecule is O=C(CSCc1ccccc1Br)N/N=C\c1cccnc1. The van der Waals surface area contributed by atoms with Gasteiger partial charge in [-0.05, 0) is 17.7 Å². The molecule has 1 aromatic carbocycles. The molecule has 0 aliphatic carbocycles. The van der Waals surface area contributed by atoms with E-state index in [-0.39, 0.29) is 5.91 Å². The van der Waals surface area contributed by atoms with Crippen LogP contribution < -0.4 is 5.43 Å². The number of halogens is 1. The summed E-state index contributed by atoms with van der Waals surface area (Å²) in [6.07, 6.45) is 4.94. The summed E-state index contributed by atoms with van der Waals surface area (Å²) >= 11 is 5.03. The van der Waals surface area contributed by atoms with E-state index in [2.05, 4.69) is 31.4 Å². The molecule has 1 aromatic heterocycles. The summed E-state index contributed by atoms with van der Waals surface area (Å²) in [5.41, 5.74) is 4.52. The Morgan fingerprint density at radius 1 is 1.33 bits per heavy atom. The van der Waals surface area contributed by atoms with Gasteiger partial charge in [-0.25, -0.2) is 5.43 Å². The van der Waals surface area contributed by atoms with Crippen molar-refractivity contribution >= 4 is 39.8 Å². The third-order valence-corrected chi connectivity index (χ3v) is 4.29. The Bertz CT molecular complexity index is 619. The Labute approximate surface area is 136 Å². The normalized spacial score (nSPS) is 10.7. The van der Waals surface area contributed by atoms with Crippen molar-refractivity contribution in [3.8, 4) is 0 Å². The molecule has 0 fully saturated rings. The number of aromatic nitrogens is 1. The zero-order valence-corrected chi connectivity index (χ0v) is 13.6. The smallest absolute Gasteiger partial charge is 0.250 e. The van der Waals surface area contributed by atoms with Gasteiger partial charge in [-0.1, -0.05) is 40.2 Å². The number of rotatable bonds is 6. The van der Waals surface area contributed by atoms with Gasteiger partial charge in [0, 0.05) is 28.2 Å². The molecule has 0 atom stereocenters. The fourth-order valence-electron chi connectivity index (χ4n) is 1.53. The molecule has 108 valence electrons. The molecule has 1 amide bonds. The highest BCUT2D eigenvalue weighted by Crippen LogP contribution is 2.20. The van der Waals surface area contributed by atoms with E-state index in [1.54, 1.807) is 30.4 Å². The van der Waals surface area contributed by atoms with E-state index in [0.29, 0.717) is 5.75 Å². The highest BCUT2D eigenvalue weighted by atomic mass is 79.9. The fraction of sp³-hybridized carbons (Fsp3) is 0.133. The maximum atomic E-state index is 11.6. The molecular formula is C15H14BrN3OS. The number of hydrogen-bond donors (Lipinski definition) is 1. The van der Waals surface area contributed by atoms with Crippen LogP contribution in [0.3, 0.4) is 0 Å². The minimum Gasteiger partial charge on any atom is -0.272 e. The third-order valence-electron chi connectivity index (χ3n) is 2.54. The first-order chi connectivity index (χ1) is 10.3. The molecule has 21 heavy (non-hydrogen) atoms. The summed E-state index contributed by atoms with van der Waals surface area (Å²) in [6, 6.07) is 11.7. The Morgan fingerprint density at radius 3 is 2.95 bits per heavy atom. The summed E-state index contributed by atoms with van der Waals surface area (Å²) in [4.78, 5) is 15.6. The Kier molecular flexibility index (Phi) is 6.43. The molecule has 0 saturated carbocycles. The number of pyridine rings is 1. The van der Waals surface area contributed by atoms with Crippen molar-refractivity contribution in [2.45, 2.75) is 5.75 Å². The lowest BCUT2D eigenvalue weighted by Gasteiger charge is -2.03. The zero-order valence-electron chi connectivity index (χ0n) is 11.2. The number of carbonyl (C=O) groups is 1. The average molecular weight is 364 g/mol. The van der Waals surface area contributed by atoms with Gasteiger partial charge in [0.1, 0.15) is 0 Å². The predicted molar refractivity (Wildman–Crippen MR) is 90.3 cm³/mol. The van der Waals surface area contributed by atoms with Crippen LogP contribution in [0.2, 0.25) is 0 Å². The number of carbonyl (C=O) groups excluding carboxylic acids is 1. The van der Waals surface area contributed by atoms with Crippen molar-refractivity contribution < 1.29 is 4.79 Å². The van der Waals surface area contributed by atoms with E-state index < -0.39 is 0 Å². The molecule has 0 radical (unpaired) electrons. The molecule has 0 aliphatic rings. The number of nitrogens with one attached hydrogen (secondary N) is 1. The minimum absolute atomic E-state index is 0.118. The lowest BCUT2D eigenvalue weighted by Crippen LogP contribution is -2.19. The molecule has 2 rings (SSSR count). The van der Waals surface area contributed by atoms with Crippen molar-refractivity contribution in [3.05, 3.63) is 64.4 Å². The van der Waals surface area contributed by atoms with Crippen molar-refractivity contribution in [1.29, 1.82) is 0 Å². The van der Waals surface area contributed by atoms with E-state index >= 15 is 0 Å². The Morgan fingerprint density at radius 2 is 2.19 bits per heavy atom. The molecule has 0 bridgehead atoms. The van der Waals surface area contributed by atoms with Gasteiger partial charge in [0.25, 0.3) is 0 Å². The molecular weight excluding hydrogens is 350 g/mol. The highest BCUT2D eigenvalue weighted by Gasteiger charge is 2.02. The summed E-state index contributed by atoms with van der Waals surface area (Å²) in [6.45, 7) is 0. The van der Waals surface area contributed by atoms with E-state index in [1.165, 1.54) is 5.56 Å². The van der Waals surface area contributed by atoms with Gasteiger partial charge in [0.05, 0.1) is 12.0 Å². The monoisotopic (exact) mass is 363 g/mol. The number of thioether (sulfide) groups is 1. The maximum absolute atomic E-state index is 11.6. The first kappa shape index (κ1) is 15.7. The lowest BCUT2D eigenvalue weighted by atomic mass is 10.2. The predicted octanol–water partition coefficient (Wildman–Crippen LogP) is 3.23. The average Bonchev–Trinajstić information content (AvgIpc) is 2.50. The Balaban J connectivity index is 1.71. The van der Waals surface area contributed by atoms with Crippen LogP contribution in [0.15, 0.2) is 58.4 Å². The highest BCUT2D eigenvalue weighted by molar-refractivity contribution is 9.10. The van der Waals surface area contributed by atoms with Crippen LogP contribution >= 0.6 is 27.7 Å². The van der Waals surface area contributed by atoms with Crippen LogP contribution in [0.4, 0.5) is 0 Å². The van der Waals surface area contributed by atoms with E-state index in [9.17, 15) is 4.79 Å². The molecule has 2 aromatic rings. The summed E-state index contributed by atoms with van der Waals surface area (Å²) < 4.78 is 1.06. The van der Waals surface area contributed by atoms with Gasteiger partial charge < -0.3 is 0 Å². The lowest BCUT2D eigenvalue weighted by molar-refractivity contribution is -0.118. The summed E-state index contributed by atoms with van der Waals surface area (Å²) in [5.74, 6) is 1.03. The molecule has 0 aliphatic heterocycles. The van der Waals surface area contributed by atoms with Gasteiger partial charge in [-0.2, -0.15) is 5.10 Å². The van der Waals surface area contributed by atoms with Gasteiger partial charge in [0.15, 0.2) is 0 Å². The van der Waals surface area contributed by atoms with Crippen LogP contribution in [-0.4, -0.2) is 22.9 Å². The summed E-state index contributed by atoms with van der Waals surface area (Å²) in [7, 11) is 0. The molecule has 0 unspecified atom stereocenters. The van der Waals surface area contributed by atoms with Gasteiger partial charge in [-0.15, -0.1) is 11.8 Å².